The van der Waals surface area contributed by atoms with Crippen LogP contribution in [0.15, 0.2) is 0 Å². The molecular formula is C32H74O9Si4. The first-order chi connectivity index (χ1) is 20.8. The molecule has 0 saturated heterocycles. The summed E-state index contributed by atoms with van der Waals surface area (Å²) < 4.78 is 36.8. The Bertz CT molecular complexity index is 677. The maximum absolute atomic E-state index is 10.2. The lowest BCUT2D eigenvalue weighted by Gasteiger charge is -2.34. The third-order valence-electron chi connectivity index (χ3n) is 8.00. The van der Waals surface area contributed by atoms with Crippen LogP contribution in [0.1, 0.15) is 52.9 Å². The average Bonchev–Trinajstić information content (AvgIpc) is 2.89. The fourth-order valence-electron chi connectivity index (χ4n) is 5.63. The van der Waals surface area contributed by atoms with Gasteiger partial charge < -0.3 is 42.5 Å². The van der Waals surface area contributed by atoms with E-state index in [9.17, 15) is 15.3 Å². The van der Waals surface area contributed by atoms with Crippen LogP contribution in [-0.4, -0.2) is 120 Å². The maximum atomic E-state index is 10.2. The standard InChI is InChI=1S/C32H74O9Si4/c1-12-32(27-33,28-38-19-15-23-44(8,9)40-42(4,5)21-13-17-36-25-30(2)34)29-39-20-16-24-45(10,11)41-43(6,7)22-14-18-37-26-31(3)35/h30-31,33-35H,12-29H2,1-11H3. The molecule has 272 valence electrons. The van der Waals surface area contributed by atoms with Crippen LogP contribution in [0.4, 0.5) is 0 Å². The van der Waals surface area contributed by atoms with Gasteiger partial charge in [0.05, 0.1) is 45.2 Å². The van der Waals surface area contributed by atoms with Gasteiger partial charge in [-0.15, -0.1) is 0 Å². The van der Waals surface area contributed by atoms with Crippen molar-refractivity contribution >= 4 is 33.3 Å². The largest absolute Gasteiger partial charge is 0.455 e. The van der Waals surface area contributed by atoms with Gasteiger partial charge in [-0.2, -0.15) is 0 Å². The zero-order valence-corrected chi connectivity index (χ0v) is 35.2. The molecule has 0 aromatic rings. The molecule has 0 aliphatic heterocycles. The van der Waals surface area contributed by atoms with Gasteiger partial charge in [-0.25, -0.2) is 0 Å². The molecule has 0 saturated carbocycles. The average molecular weight is 715 g/mol. The highest BCUT2D eigenvalue weighted by Crippen LogP contribution is 2.27. The van der Waals surface area contributed by atoms with Gasteiger partial charge >= 0.3 is 0 Å². The Hall–Kier alpha value is 0.508. The molecule has 0 radical (unpaired) electrons. The minimum Gasteiger partial charge on any atom is -0.455 e. The summed E-state index contributed by atoms with van der Waals surface area (Å²) in [5, 5.41) is 28.9. The number of aliphatic hydroxyl groups is 3. The summed E-state index contributed by atoms with van der Waals surface area (Å²) in [5.74, 6) is 0. The summed E-state index contributed by atoms with van der Waals surface area (Å²) in [4.78, 5) is 0. The van der Waals surface area contributed by atoms with Crippen molar-refractivity contribution in [3.8, 4) is 0 Å². The van der Waals surface area contributed by atoms with Crippen LogP contribution in [0.2, 0.25) is 76.6 Å². The Labute approximate surface area is 281 Å². The second-order valence-corrected chi connectivity index (χ2v) is 33.3. The van der Waals surface area contributed by atoms with E-state index in [4.69, 9.17) is 27.2 Å². The molecule has 0 aromatic carbocycles. The van der Waals surface area contributed by atoms with Gasteiger partial charge in [-0.05, 0) is 123 Å². The molecule has 0 aliphatic rings. The molecule has 45 heavy (non-hydrogen) atoms. The van der Waals surface area contributed by atoms with E-state index in [1.807, 2.05) is 0 Å². The Kier molecular flexibility index (Phi) is 23.3. The molecular weight excluding hydrogens is 641 g/mol. The smallest absolute Gasteiger partial charge is 0.173 e. The molecule has 2 atom stereocenters. The third kappa shape index (κ3) is 25.2. The minimum absolute atomic E-state index is 0.0532. The first-order valence-corrected chi connectivity index (χ1v) is 29.9. The highest BCUT2D eigenvalue weighted by Gasteiger charge is 2.34. The van der Waals surface area contributed by atoms with Crippen LogP contribution in [0, 0.1) is 5.41 Å². The minimum atomic E-state index is -1.80. The Morgan fingerprint density at radius 1 is 0.533 bits per heavy atom. The summed E-state index contributed by atoms with van der Waals surface area (Å²) in [7, 11) is -7.15. The van der Waals surface area contributed by atoms with Crippen molar-refractivity contribution in [3.05, 3.63) is 0 Å². The number of hydrogen-bond acceptors (Lipinski definition) is 9. The van der Waals surface area contributed by atoms with Crippen molar-refractivity contribution in [1.29, 1.82) is 0 Å². The SMILES string of the molecule is CCC(CO)(COCCC[Si](C)(C)O[Si](C)(C)CCCOCC(C)O)COCCC[Si](C)(C)O[Si](C)(C)CCCOCC(C)O. The number of aliphatic hydroxyl groups excluding tert-OH is 3. The summed E-state index contributed by atoms with van der Waals surface area (Å²) in [5.41, 5.74) is -0.373. The van der Waals surface area contributed by atoms with Crippen LogP contribution < -0.4 is 0 Å². The molecule has 0 aromatic heterocycles. The Morgan fingerprint density at radius 3 is 1.07 bits per heavy atom. The molecule has 0 spiro atoms. The van der Waals surface area contributed by atoms with Gasteiger partial charge in [0.15, 0.2) is 33.3 Å². The highest BCUT2D eigenvalue weighted by molar-refractivity contribution is 6.85. The molecule has 0 aliphatic carbocycles. The monoisotopic (exact) mass is 714 g/mol. The van der Waals surface area contributed by atoms with Gasteiger partial charge in [0.2, 0.25) is 0 Å². The first-order valence-electron chi connectivity index (χ1n) is 17.5. The number of ether oxygens (including phenoxy) is 4. The lowest BCUT2D eigenvalue weighted by Crippen LogP contribution is -2.44. The van der Waals surface area contributed by atoms with Crippen LogP contribution in [-0.2, 0) is 27.2 Å². The normalized spacial score (nSPS) is 16.1. The van der Waals surface area contributed by atoms with Gasteiger partial charge in [0.1, 0.15) is 0 Å². The lowest BCUT2D eigenvalue weighted by molar-refractivity contribution is -0.0529. The van der Waals surface area contributed by atoms with Crippen LogP contribution in [0.25, 0.3) is 0 Å². The fourth-order valence-corrected chi connectivity index (χ4v) is 23.2. The topological polar surface area (TPSA) is 116 Å². The molecule has 2 unspecified atom stereocenters. The molecule has 9 nitrogen and oxygen atoms in total. The van der Waals surface area contributed by atoms with E-state index >= 15 is 0 Å². The summed E-state index contributed by atoms with van der Waals surface area (Å²) in [6, 6.07) is 4.22. The van der Waals surface area contributed by atoms with E-state index in [0.29, 0.717) is 52.9 Å². The van der Waals surface area contributed by atoms with Gasteiger partial charge in [-0.1, -0.05) is 6.92 Å². The zero-order chi connectivity index (χ0) is 34.6. The fraction of sp³-hybridized carbons (Fsp3) is 1.00. The molecule has 0 rings (SSSR count). The highest BCUT2D eigenvalue weighted by atomic mass is 28.4. The van der Waals surface area contributed by atoms with Gasteiger partial charge in [-0.3, -0.25) is 0 Å². The second kappa shape index (κ2) is 23.0. The van der Waals surface area contributed by atoms with Crippen molar-refractivity contribution in [2.75, 3.05) is 59.5 Å². The molecule has 0 amide bonds. The van der Waals surface area contributed by atoms with Crippen molar-refractivity contribution < 1.29 is 42.5 Å². The molecule has 0 heterocycles. The Balaban J connectivity index is 4.38. The molecule has 0 fully saturated rings. The van der Waals surface area contributed by atoms with E-state index in [1.54, 1.807) is 13.8 Å². The van der Waals surface area contributed by atoms with Crippen LogP contribution in [0.5, 0.6) is 0 Å². The maximum Gasteiger partial charge on any atom is 0.173 e. The number of rotatable bonds is 30. The first kappa shape index (κ1) is 45.5. The van der Waals surface area contributed by atoms with E-state index in [2.05, 4.69) is 59.3 Å². The quantitative estimate of drug-likeness (QED) is 0.0558. The number of hydrogen-bond donors (Lipinski definition) is 3. The van der Waals surface area contributed by atoms with E-state index < -0.39 is 45.5 Å². The predicted octanol–water partition coefficient (Wildman–Crippen LogP) is 6.62. The molecule has 13 heteroatoms. The van der Waals surface area contributed by atoms with E-state index in [-0.39, 0.29) is 12.0 Å². The van der Waals surface area contributed by atoms with Gasteiger partial charge in [0.25, 0.3) is 0 Å². The van der Waals surface area contributed by atoms with Crippen LogP contribution in [0.3, 0.4) is 0 Å². The van der Waals surface area contributed by atoms with Crippen LogP contribution >= 0.6 is 0 Å². The summed E-state index contributed by atoms with van der Waals surface area (Å²) >= 11 is 0. The van der Waals surface area contributed by atoms with Crippen molar-refractivity contribution in [2.24, 2.45) is 5.41 Å². The predicted molar refractivity (Wildman–Crippen MR) is 196 cm³/mol. The van der Waals surface area contributed by atoms with Crippen molar-refractivity contribution in [3.63, 3.8) is 0 Å². The van der Waals surface area contributed by atoms with E-state index in [1.165, 1.54) is 0 Å². The third-order valence-corrected chi connectivity index (χ3v) is 23.1. The summed E-state index contributed by atoms with van der Waals surface area (Å²) in [6.07, 6.45) is 3.83. The van der Waals surface area contributed by atoms with Crippen molar-refractivity contribution in [2.45, 2.75) is 142 Å². The molecule has 3 N–H and O–H groups in total. The zero-order valence-electron chi connectivity index (χ0n) is 31.2. The molecule has 0 bridgehead atoms. The Morgan fingerprint density at radius 2 is 0.822 bits per heavy atom. The summed E-state index contributed by atoms with van der Waals surface area (Å²) in [6.45, 7) is 28.5. The second-order valence-electron chi connectivity index (χ2n) is 15.6. The van der Waals surface area contributed by atoms with Crippen molar-refractivity contribution in [1.82, 2.24) is 0 Å². The lowest BCUT2D eigenvalue weighted by atomic mass is 9.88. The van der Waals surface area contributed by atoms with Gasteiger partial charge in [0, 0.05) is 31.8 Å². The van der Waals surface area contributed by atoms with E-state index in [0.717, 1.165) is 56.3 Å².